The molecule has 1 aromatic carbocycles. The van der Waals surface area contributed by atoms with E-state index in [0.29, 0.717) is 22.3 Å². The van der Waals surface area contributed by atoms with E-state index in [2.05, 4.69) is 24.8 Å². The molecule has 0 unspecified atom stereocenters. The summed E-state index contributed by atoms with van der Waals surface area (Å²) in [6, 6.07) is 9.89. The van der Waals surface area contributed by atoms with Crippen LogP contribution in [0.3, 0.4) is 0 Å². The number of fused-ring (bicyclic) bond motifs is 1. The van der Waals surface area contributed by atoms with Crippen LogP contribution in [0.1, 0.15) is 15.9 Å². The molecule has 0 saturated heterocycles. The van der Waals surface area contributed by atoms with Crippen LogP contribution in [-0.2, 0) is 11.3 Å². The van der Waals surface area contributed by atoms with Gasteiger partial charge in [0.05, 0.1) is 19.0 Å². The summed E-state index contributed by atoms with van der Waals surface area (Å²) in [5, 5.41) is 5.10. The molecule has 0 saturated carbocycles. The van der Waals surface area contributed by atoms with E-state index < -0.39 is 11.5 Å². The number of H-pyrrole nitrogens is 1. The smallest absolute Gasteiger partial charge is 0.345 e. The highest BCUT2D eigenvalue weighted by molar-refractivity contribution is 5.90. The van der Waals surface area contributed by atoms with Crippen LogP contribution < -0.4 is 5.56 Å². The summed E-state index contributed by atoms with van der Waals surface area (Å²) in [4.78, 5) is 34.8. The maximum absolute atomic E-state index is 14.0. The first-order valence-electron chi connectivity index (χ1n) is 8.31. The lowest BCUT2D eigenvalue weighted by molar-refractivity contribution is 0.0598. The SMILES string of the molecule is COC(=O)c1cnc(-c2nn(Cc3ccccc3F)c3ncccc23)[nH]c1=O. The predicted octanol–water partition coefficient (Wildman–Crippen LogP) is 2.16. The average Bonchev–Trinajstić information content (AvgIpc) is 3.08. The number of pyridine rings is 1. The number of hydrogen-bond donors (Lipinski definition) is 1. The Morgan fingerprint density at radius 1 is 1.21 bits per heavy atom. The number of esters is 1. The van der Waals surface area contributed by atoms with Gasteiger partial charge in [-0.25, -0.2) is 23.8 Å². The van der Waals surface area contributed by atoms with Crippen LogP contribution >= 0.6 is 0 Å². The van der Waals surface area contributed by atoms with Crippen LogP contribution in [0.25, 0.3) is 22.6 Å². The Labute approximate surface area is 157 Å². The summed E-state index contributed by atoms with van der Waals surface area (Å²) in [7, 11) is 1.18. The van der Waals surface area contributed by atoms with Gasteiger partial charge in [0.25, 0.3) is 5.56 Å². The lowest BCUT2D eigenvalue weighted by atomic mass is 10.2. The van der Waals surface area contributed by atoms with Crippen LogP contribution in [0.5, 0.6) is 0 Å². The molecular weight excluding hydrogens is 365 g/mol. The van der Waals surface area contributed by atoms with Crippen molar-refractivity contribution in [2.75, 3.05) is 7.11 Å². The number of ether oxygens (including phenoxy) is 1. The van der Waals surface area contributed by atoms with Crippen molar-refractivity contribution in [2.45, 2.75) is 6.54 Å². The Kier molecular flexibility index (Phi) is 4.40. The summed E-state index contributed by atoms with van der Waals surface area (Å²) >= 11 is 0. The van der Waals surface area contributed by atoms with Crippen molar-refractivity contribution in [3.8, 4) is 11.5 Å². The van der Waals surface area contributed by atoms with Crippen LogP contribution in [0.4, 0.5) is 4.39 Å². The maximum atomic E-state index is 14.0. The van der Waals surface area contributed by atoms with Gasteiger partial charge in [-0.2, -0.15) is 5.10 Å². The van der Waals surface area contributed by atoms with Gasteiger partial charge < -0.3 is 9.72 Å². The lowest BCUT2D eigenvalue weighted by Crippen LogP contribution is -2.20. The molecule has 0 bridgehead atoms. The zero-order valence-electron chi connectivity index (χ0n) is 14.7. The van der Waals surface area contributed by atoms with Crippen molar-refractivity contribution in [1.29, 1.82) is 0 Å². The van der Waals surface area contributed by atoms with Crippen molar-refractivity contribution < 1.29 is 13.9 Å². The molecule has 0 aliphatic carbocycles. The van der Waals surface area contributed by atoms with Gasteiger partial charge in [0.2, 0.25) is 0 Å². The van der Waals surface area contributed by atoms with Crippen molar-refractivity contribution in [1.82, 2.24) is 24.7 Å². The second-order valence-electron chi connectivity index (χ2n) is 5.94. The summed E-state index contributed by atoms with van der Waals surface area (Å²) in [6.07, 6.45) is 2.74. The summed E-state index contributed by atoms with van der Waals surface area (Å²) < 4.78 is 20.1. The zero-order valence-corrected chi connectivity index (χ0v) is 14.7. The van der Waals surface area contributed by atoms with E-state index in [-0.39, 0.29) is 23.7 Å². The molecular formula is C19H14FN5O3. The van der Waals surface area contributed by atoms with Crippen molar-refractivity contribution in [2.24, 2.45) is 0 Å². The highest BCUT2D eigenvalue weighted by atomic mass is 19.1. The third-order valence-electron chi connectivity index (χ3n) is 4.21. The number of nitrogens with zero attached hydrogens (tertiary/aromatic N) is 4. The molecule has 28 heavy (non-hydrogen) atoms. The third kappa shape index (κ3) is 3.02. The van der Waals surface area contributed by atoms with Gasteiger partial charge in [-0.3, -0.25) is 4.79 Å². The molecule has 3 aromatic heterocycles. The van der Waals surface area contributed by atoms with Crippen molar-refractivity contribution in [3.63, 3.8) is 0 Å². The number of nitrogens with one attached hydrogen (secondary N) is 1. The molecule has 0 amide bonds. The minimum Gasteiger partial charge on any atom is -0.465 e. The molecule has 0 aliphatic rings. The Morgan fingerprint density at radius 3 is 2.79 bits per heavy atom. The summed E-state index contributed by atoms with van der Waals surface area (Å²) in [6.45, 7) is 0.157. The van der Waals surface area contributed by atoms with Gasteiger partial charge in [-0.1, -0.05) is 18.2 Å². The number of rotatable bonds is 4. The average molecular weight is 379 g/mol. The monoisotopic (exact) mass is 379 g/mol. The molecule has 140 valence electrons. The number of aromatic amines is 1. The standard InChI is InChI=1S/C19H14FN5O3/c1-28-19(27)13-9-22-16(23-18(13)26)15-12-6-4-8-21-17(12)25(24-15)10-11-5-2-3-7-14(11)20/h2-9H,10H2,1H3,(H,22,23,26). The largest absolute Gasteiger partial charge is 0.465 e. The van der Waals surface area contributed by atoms with Gasteiger partial charge in [0, 0.05) is 18.0 Å². The number of halogens is 1. The molecule has 0 aliphatic heterocycles. The number of hydrogen-bond acceptors (Lipinski definition) is 6. The van der Waals surface area contributed by atoms with Gasteiger partial charge in [-0.05, 0) is 18.2 Å². The van der Waals surface area contributed by atoms with Crippen LogP contribution in [0.15, 0.2) is 53.6 Å². The highest BCUT2D eigenvalue weighted by Crippen LogP contribution is 2.24. The number of aromatic nitrogens is 5. The molecule has 3 heterocycles. The fraction of sp³-hybridized carbons (Fsp3) is 0.105. The molecule has 0 fully saturated rings. The molecule has 0 radical (unpaired) electrons. The van der Waals surface area contributed by atoms with Crippen LogP contribution in [0, 0.1) is 5.82 Å². The second-order valence-corrected chi connectivity index (χ2v) is 5.94. The van der Waals surface area contributed by atoms with Crippen LogP contribution in [0.2, 0.25) is 0 Å². The minimum atomic E-state index is -0.781. The first-order chi connectivity index (χ1) is 13.6. The van der Waals surface area contributed by atoms with E-state index in [1.807, 2.05) is 0 Å². The molecule has 4 aromatic rings. The fourth-order valence-electron chi connectivity index (χ4n) is 2.85. The summed E-state index contributed by atoms with van der Waals surface area (Å²) in [5.74, 6) is -0.961. The summed E-state index contributed by atoms with van der Waals surface area (Å²) in [5.41, 5.74) is 0.483. The second kappa shape index (κ2) is 7.03. The van der Waals surface area contributed by atoms with E-state index in [9.17, 15) is 14.0 Å². The molecule has 8 nitrogen and oxygen atoms in total. The normalized spacial score (nSPS) is 10.9. The maximum Gasteiger partial charge on any atom is 0.345 e. The molecule has 9 heteroatoms. The van der Waals surface area contributed by atoms with Gasteiger partial charge >= 0.3 is 5.97 Å². The number of carbonyl (C=O) groups is 1. The first-order valence-corrected chi connectivity index (χ1v) is 8.31. The van der Waals surface area contributed by atoms with Crippen molar-refractivity contribution in [3.05, 3.63) is 76.1 Å². The number of benzene rings is 1. The van der Waals surface area contributed by atoms with E-state index in [1.54, 1.807) is 36.5 Å². The Hall–Kier alpha value is -3.88. The number of methoxy groups -OCH3 is 1. The van der Waals surface area contributed by atoms with Gasteiger partial charge in [0.15, 0.2) is 11.5 Å². The van der Waals surface area contributed by atoms with E-state index in [0.717, 1.165) is 6.20 Å². The van der Waals surface area contributed by atoms with Gasteiger partial charge in [-0.15, -0.1) is 0 Å². The Morgan fingerprint density at radius 2 is 2.04 bits per heavy atom. The Balaban J connectivity index is 1.83. The highest BCUT2D eigenvalue weighted by Gasteiger charge is 2.18. The quantitative estimate of drug-likeness (QED) is 0.545. The number of carbonyl (C=O) groups excluding carboxylic acids is 1. The fourth-order valence-corrected chi connectivity index (χ4v) is 2.85. The Bertz CT molecular complexity index is 1250. The van der Waals surface area contributed by atoms with E-state index >= 15 is 0 Å². The molecule has 0 spiro atoms. The lowest BCUT2D eigenvalue weighted by Gasteiger charge is -2.04. The van der Waals surface area contributed by atoms with Crippen molar-refractivity contribution >= 4 is 17.0 Å². The molecule has 4 rings (SSSR count). The minimum absolute atomic E-state index is 0.157. The molecule has 0 atom stereocenters. The zero-order chi connectivity index (χ0) is 19.7. The van der Waals surface area contributed by atoms with Gasteiger partial charge in [0.1, 0.15) is 17.1 Å². The first kappa shape index (κ1) is 17.5. The van der Waals surface area contributed by atoms with E-state index in [1.165, 1.54) is 17.9 Å². The van der Waals surface area contributed by atoms with E-state index in [4.69, 9.17) is 0 Å². The topological polar surface area (TPSA) is 103 Å². The molecule has 1 N–H and O–H groups in total. The van der Waals surface area contributed by atoms with Crippen LogP contribution in [-0.4, -0.2) is 37.8 Å². The predicted molar refractivity (Wildman–Crippen MR) is 98.2 cm³/mol. The third-order valence-corrected chi connectivity index (χ3v) is 4.21.